The summed E-state index contributed by atoms with van der Waals surface area (Å²) in [6, 6.07) is 6.96. The lowest BCUT2D eigenvalue weighted by Gasteiger charge is -2.26. The lowest BCUT2D eigenvalue weighted by molar-refractivity contribution is -0.131. The number of nitrogens with one attached hydrogen (secondary N) is 3. The van der Waals surface area contributed by atoms with E-state index in [0.717, 1.165) is 11.8 Å². The molecule has 1 rings (SSSR count). The molecule has 3 atom stereocenters. The SMILES string of the molecule is CC(C)C[C@@H](C=O)NC(=O)[C@H](CC(C)C)NC(=O)[C@H](CC(C)C)NC(=O)OCc1ccccc1.S.S.S. The van der Waals surface area contributed by atoms with E-state index >= 15 is 0 Å². The standard InChI is InChI=1S/C26H41N3O5.3H2S/c1-17(2)12-21(15-30)27-24(31)22(13-18(3)4)28-25(32)23(14-19(5)6)29-26(33)34-16-20-10-8-7-9-11-20;;;/h7-11,15,17-19,21-23H,12-14,16H2,1-6H3,(H,27,31)(H,28,32)(H,29,33);3*1H2/t21-,22-,23-;;;/m0.../s1. The van der Waals surface area contributed by atoms with Crippen LogP contribution in [0.15, 0.2) is 30.3 Å². The molecule has 0 aliphatic carbocycles. The van der Waals surface area contributed by atoms with E-state index in [2.05, 4.69) is 16.0 Å². The van der Waals surface area contributed by atoms with Gasteiger partial charge in [0.2, 0.25) is 11.8 Å². The van der Waals surface area contributed by atoms with Crippen molar-refractivity contribution in [3.05, 3.63) is 35.9 Å². The molecule has 214 valence electrons. The van der Waals surface area contributed by atoms with Crippen molar-refractivity contribution in [1.29, 1.82) is 0 Å². The Labute approximate surface area is 243 Å². The van der Waals surface area contributed by atoms with Crippen molar-refractivity contribution in [2.45, 2.75) is 85.5 Å². The van der Waals surface area contributed by atoms with E-state index < -0.39 is 36.0 Å². The highest BCUT2D eigenvalue weighted by molar-refractivity contribution is 7.59. The Bertz CT molecular complexity index is 795. The maximum absolute atomic E-state index is 13.1. The summed E-state index contributed by atoms with van der Waals surface area (Å²) in [5.41, 5.74) is 0.835. The molecule has 0 saturated heterocycles. The number of rotatable bonds is 14. The van der Waals surface area contributed by atoms with Crippen LogP contribution in [0.5, 0.6) is 0 Å². The Morgan fingerprint density at radius 1 is 0.730 bits per heavy atom. The van der Waals surface area contributed by atoms with Gasteiger partial charge in [0.15, 0.2) is 0 Å². The number of benzene rings is 1. The van der Waals surface area contributed by atoms with E-state index in [1.54, 1.807) is 0 Å². The zero-order valence-electron chi connectivity index (χ0n) is 22.8. The van der Waals surface area contributed by atoms with E-state index in [4.69, 9.17) is 4.74 Å². The molecule has 3 N–H and O–H groups in total. The minimum atomic E-state index is -0.858. The monoisotopic (exact) mass is 577 g/mol. The van der Waals surface area contributed by atoms with E-state index in [1.807, 2.05) is 71.9 Å². The van der Waals surface area contributed by atoms with Crippen molar-refractivity contribution in [3.63, 3.8) is 0 Å². The number of carbonyl (C=O) groups is 4. The van der Waals surface area contributed by atoms with Gasteiger partial charge in [-0.1, -0.05) is 71.9 Å². The summed E-state index contributed by atoms with van der Waals surface area (Å²) in [6.07, 6.45) is 1.32. The van der Waals surface area contributed by atoms with Gasteiger partial charge in [-0.15, -0.1) is 0 Å². The summed E-state index contributed by atoms with van der Waals surface area (Å²) in [5.74, 6) is -0.390. The molecule has 0 unspecified atom stereocenters. The highest BCUT2D eigenvalue weighted by Gasteiger charge is 2.29. The molecule has 0 aliphatic heterocycles. The molecule has 37 heavy (non-hydrogen) atoms. The average Bonchev–Trinajstić information content (AvgIpc) is 2.76. The zero-order chi connectivity index (χ0) is 25.7. The minimum Gasteiger partial charge on any atom is -0.445 e. The van der Waals surface area contributed by atoms with Crippen molar-refractivity contribution >= 4 is 64.7 Å². The van der Waals surface area contributed by atoms with E-state index in [-0.39, 0.29) is 64.8 Å². The van der Waals surface area contributed by atoms with Gasteiger partial charge in [-0.05, 0) is 42.6 Å². The first-order valence-electron chi connectivity index (χ1n) is 12.0. The number of amides is 3. The Hall–Kier alpha value is -1.85. The summed E-state index contributed by atoms with van der Waals surface area (Å²) in [5, 5.41) is 8.15. The molecule has 0 bridgehead atoms. The summed E-state index contributed by atoms with van der Waals surface area (Å²) in [7, 11) is 0. The van der Waals surface area contributed by atoms with Gasteiger partial charge in [0.05, 0.1) is 6.04 Å². The van der Waals surface area contributed by atoms with Gasteiger partial charge in [-0.2, -0.15) is 40.5 Å². The van der Waals surface area contributed by atoms with Crippen molar-refractivity contribution in [2.75, 3.05) is 0 Å². The second-order valence-corrected chi connectivity index (χ2v) is 9.96. The molecule has 0 spiro atoms. The van der Waals surface area contributed by atoms with Crippen molar-refractivity contribution < 1.29 is 23.9 Å². The number of ether oxygens (including phenoxy) is 1. The highest BCUT2D eigenvalue weighted by Crippen LogP contribution is 2.11. The van der Waals surface area contributed by atoms with Crippen LogP contribution in [-0.4, -0.2) is 42.3 Å². The third-order valence-corrected chi connectivity index (χ3v) is 5.09. The van der Waals surface area contributed by atoms with Gasteiger partial charge >= 0.3 is 6.09 Å². The number of hydrogen-bond acceptors (Lipinski definition) is 5. The average molecular weight is 578 g/mol. The van der Waals surface area contributed by atoms with Crippen molar-refractivity contribution in [3.8, 4) is 0 Å². The van der Waals surface area contributed by atoms with E-state index in [9.17, 15) is 19.2 Å². The van der Waals surface area contributed by atoms with Crippen LogP contribution in [0.3, 0.4) is 0 Å². The molecule has 0 radical (unpaired) electrons. The first-order valence-corrected chi connectivity index (χ1v) is 12.0. The fraction of sp³-hybridized carbons (Fsp3) is 0.615. The van der Waals surface area contributed by atoms with Crippen LogP contribution >= 0.6 is 40.5 Å². The summed E-state index contributed by atoms with van der Waals surface area (Å²) >= 11 is 0. The van der Waals surface area contributed by atoms with Gasteiger partial charge in [0.1, 0.15) is 25.0 Å². The molecule has 1 aromatic rings. The maximum Gasteiger partial charge on any atom is 0.408 e. The van der Waals surface area contributed by atoms with Gasteiger partial charge in [-0.3, -0.25) is 9.59 Å². The van der Waals surface area contributed by atoms with Crippen LogP contribution in [-0.2, 0) is 25.7 Å². The lowest BCUT2D eigenvalue weighted by Crippen LogP contribution is -2.55. The molecule has 0 fully saturated rings. The summed E-state index contributed by atoms with van der Waals surface area (Å²) in [4.78, 5) is 49.7. The molecule has 0 aliphatic rings. The topological polar surface area (TPSA) is 114 Å². The Morgan fingerprint density at radius 3 is 1.65 bits per heavy atom. The normalized spacial score (nSPS) is 12.7. The van der Waals surface area contributed by atoms with Gasteiger partial charge in [-0.25, -0.2) is 4.79 Å². The van der Waals surface area contributed by atoms with Gasteiger partial charge < -0.3 is 25.5 Å². The number of alkyl carbamates (subject to hydrolysis) is 1. The van der Waals surface area contributed by atoms with Crippen LogP contribution in [0.1, 0.15) is 66.4 Å². The highest BCUT2D eigenvalue weighted by atomic mass is 32.1. The fourth-order valence-corrected chi connectivity index (χ4v) is 3.52. The number of hydrogen-bond donors (Lipinski definition) is 3. The second-order valence-electron chi connectivity index (χ2n) is 9.96. The van der Waals surface area contributed by atoms with Crippen LogP contribution in [0.2, 0.25) is 0 Å². The molecule has 0 saturated carbocycles. The predicted octanol–water partition coefficient (Wildman–Crippen LogP) is 3.93. The zero-order valence-corrected chi connectivity index (χ0v) is 25.8. The van der Waals surface area contributed by atoms with Crippen LogP contribution < -0.4 is 16.0 Å². The lowest BCUT2D eigenvalue weighted by atomic mass is 9.99. The molecular formula is C26H47N3O5S3. The third kappa shape index (κ3) is 17.3. The van der Waals surface area contributed by atoms with Crippen LogP contribution in [0.25, 0.3) is 0 Å². The quantitative estimate of drug-likeness (QED) is 0.290. The summed E-state index contributed by atoms with van der Waals surface area (Å²) < 4.78 is 5.26. The minimum absolute atomic E-state index is 0. The molecule has 3 amide bonds. The molecular weight excluding hydrogens is 531 g/mol. The Kier molecular flexibility index (Phi) is 22.6. The Morgan fingerprint density at radius 2 is 1.19 bits per heavy atom. The van der Waals surface area contributed by atoms with Crippen LogP contribution in [0, 0.1) is 17.8 Å². The van der Waals surface area contributed by atoms with Gasteiger partial charge in [0.25, 0.3) is 0 Å². The third-order valence-electron chi connectivity index (χ3n) is 5.09. The molecule has 1 aromatic carbocycles. The molecule has 0 aromatic heterocycles. The molecule has 11 heteroatoms. The molecule has 0 heterocycles. The summed E-state index contributed by atoms with van der Waals surface area (Å²) in [6.45, 7) is 11.8. The first-order chi connectivity index (χ1) is 16.0. The van der Waals surface area contributed by atoms with E-state index in [0.29, 0.717) is 19.3 Å². The smallest absolute Gasteiger partial charge is 0.408 e. The fourth-order valence-electron chi connectivity index (χ4n) is 3.52. The van der Waals surface area contributed by atoms with Crippen molar-refractivity contribution in [2.24, 2.45) is 17.8 Å². The number of aldehydes is 1. The van der Waals surface area contributed by atoms with E-state index in [1.165, 1.54) is 0 Å². The Balaban J connectivity index is -0.00000385. The predicted molar refractivity (Wildman–Crippen MR) is 163 cm³/mol. The second kappa shape index (κ2) is 21.1. The van der Waals surface area contributed by atoms with Gasteiger partial charge in [0, 0.05) is 0 Å². The van der Waals surface area contributed by atoms with Crippen molar-refractivity contribution in [1.82, 2.24) is 16.0 Å². The molecule has 8 nitrogen and oxygen atoms in total. The first kappa shape index (κ1) is 39.7. The van der Waals surface area contributed by atoms with Crippen LogP contribution in [0.4, 0.5) is 4.79 Å². The maximum atomic E-state index is 13.1. The largest absolute Gasteiger partial charge is 0.445 e. The number of carbonyl (C=O) groups excluding carboxylic acids is 4.